The van der Waals surface area contributed by atoms with E-state index >= 15 is 0 Å². The molecule has 0 heterocycles. The first-order chi connectivity index (χ1) is 7.13. The van der Waals surface area contributed by atoms with Crippen LogP contribution in [-0.4, -0.2) is 18.0 Å². The van der Waals surface area contributed by atoms with Gasteiger partial charge in [-0.15, -0.1) is 0 Å². The van der Waals surface area contributed by atoms with Gasteiger partial charge in [0.1, 0.15) is 0 Å². The molecule has 0 bridgehead atoms. The summed E-state index contributed by atoms with van der Waals surface area (Å²) in [4.78, 5) is 8.12. The van der Waals surface area contributed by atoms with Gasteiger partial charge in [-0.05, 0) is 18.8 Å². The zero-order chi connectivity index (χ0) is 11.3. The molecular weight excluding hydrogens is 190 g/mol. The molecule has 2 atom stereocenters. The maximum atomic E-state index is 5.62. The molecule has 0 spiro atoms. The number of guanidine groups is 2. The minimum absolute atomic E-state index is 0.0277. The van der Waals surface area contributed by atoms with Crippen LogP contribution in [0.3, 0.4) is 0 Å². The lowest BCUT2D eigenvalue weighted by atomic mass is 9.83. The second kappa shape index (κ2) is 5.58. The number of hydrogen-bond acceptors (Lipinski definition) is 1. The van der Waals surface area contributed by atoms with Crippen LogP contribution in [0.15, 0.2) is 9.98 Å². The van der Waals surface area contributed by atoms with E-state index in [0.717, 1.165) is 12.8 Å². The third-order valence-electron chi connectivity index (χ3n) is 2.94. The molecule has 86 valence electrons. The summed E-state index contributed by atoms with van der Waals surface area (Å²) < 4.78 is 0. The van der Waals surface area contributed by atoms with Crippen LogP contribution in [0.1, 0.15) is 39.0 Å². The molecule has 1 rings (SSSR count). The summed E-state index contributed by atoms with van der Waals surface area (Å²) in [6.45, 7) is 2.19. The predicted octanol–water partition coefficient (Wildman–Crippen LogP) is 0.543. The largest absolute Gasteiger partial charge is 0.370 e. The van der Waals surface area contributed by atoms with Crippen molar-refractivity contribution >= 4 is 11.9 Å². The van der Waals surface area contributed by atoms with E-state index in [2.05, 4.69) is 16.9 Å². The minimum Gasteiger partial charge on any atom is -0.370 e. The third-order valence-corrected chi connectivity index (χ3v) is 2.94. The average molecular weight is 211 g/mol. The fourth-order valence-corrected chi connectivity index (χ4v) is 2.17. The first-order valence-corrected chi connectivity index (χ1v) is 5.56. The lowest BCUT2D eigenvalue weighted by Crippen LogP contribution is -2.29. The Hall–Kier alpha value is -1.26. The molecule has 0 radical (unpaired) electrons. The SMILES string of the molecule is CCC1CCCCC1N=C(N)N=C(N)N. The number of nitrogens with zero attached hydrogens (tertiary/aromatic N) is 2. The second-order valence-corrected chi connectivity index (χ2v) is 4.04. The normalized spacial score (nSPS) is 27.4. The molecule has 0 aromatic rings. The summed E-state index contributed by atoms with van der Waals surface area (Å²) in [7, 11) is 0. The highest BCUT2D eigenvalue weighted by atomic mass is 15.1. The molecule has 1 saturated carbocycles. The van der Waals surface area contributed by atoms with Crippen LogP contribution < -0.4 is 17.2 Å². The van der Waals surface area contributed by atoms with Gasteiger partial charge in [-0.2, -0.15) is 4.99 Å². The molecule has 0 aliphatic heterocycles. The highest BCUT2D eigenvalue weighted by Crippen LogP contribution is 2.29. The lowest BCUT2D eigenvalue weighted by Gasteiger charge is -2.27. The predicted molar refractivity (Wildman–Crippen MR) is 63.5 cm³/mol. The molecule has 6 N–H and O–H groups in total. The number of nitrogens with two attached hydrogens (primary N) is 3. The molecule has 5 nitrogen and oxygen atoms in total. The monoisotopic (exact) mass is 211 g/mol. The number of rotatable bonds is 2. The summed E-state index contributed by atoms with van der Waals surface area (Å²) >= 11 is 0. The number of aliphatic imine (C=N–C) groups is 2. The van der Waals surface area contributed by atoms with Crippen molar-refractivity contribution < 1.29 is 0 Å². The van der Waals surface area contributed by atoms with E-state index < -0.39 is 0 Å². The van der Waals surface area contributed by atoms with Crippen LogP contribution in [0.4, 0.5) is 0 Å². The van der Waals surface area contributed by atoms with E-state index in [4.69, 9.17) is 17.2 Å². The smallest absolute Gasteiger partial charge is 0.218 e. The van der Waals surface area contributed by atoms with Crippen molar-refractivity contribution in [3.63, 3.8) is 0 Å². The zero-order valence-corrected chi connectivity index (χ0v) is 9.32. The van der Waals surface area contributed by atoms with E-state index in [9.17, 15) is 0 Å². The van der Waals surface area contributed by atoms with Gasteiger partial charge in [0.2, 0.25) is 5.96 Å². The van der Waals surface area contributed by atoms with Gasteiger partial charge in [0.15, 0.2) is 5.96 Å². The van der Waals surface area contributed by atoms with Gasteiger partial charge >= 0.3 is 0 Å². The Morgan fingerprint density at radius 1 is 1.20 bits per heavy atom. The molecule has 2 unspecified atom stereocenters. The summed E-state index contributed by atoms with van der Waals surface area (Å²) in [5.74, 6) is 0.812. The van der Waals surface area contributed by atoms with E-state index in [-0.39, 0.29) is 11.9 Å². The lowest BCUT2D eigenvalue weighted by molar-refractivity contribution is 0.302. The van der Waals surface area contributed by atoms with Gasteiger partial charge in [-0.25, -0.2) is 4.99 Å². The fraction of sp³-hybridized carbons (Fsp3) is 0.800. The van der Waals surface area contributed by atoms with Crippen molar-refractivity contribution in [3.8, 4) is 0 Å². The molecule has 1 aliphatic rings. The first kappa shape index (κ1) is 11.8. The van der Waals surface area contributed by atoms with Crippen LogP contribution >= 0.6 is 0 Å². The van der Waals surface area contributed by atoms with Crippen molar-refractivity contribution in [2.45, 2.75) is 45.1 Å². The van der Waals surface area contributed by atoms with E-state index in [1.54, 1.807) is 0 Å². The summed E-state index contributed by atoms with van der Waals surface area (Å²) in [6, 6.07) is 0.298. The zero-order valence-electron chi connectivity index (χ0n) is 9.32. The highest BCUT2D eigenvalue weighted by Gasteiger charge is 2.23. The van der Waals surface area contributed by atoms with Gasteiger partial charge in [0.05, 0.1) is 6.04 Å². The Morgan fingerprint density at radius 3 is 2.47 bits per heavy atom. The van der Waals surface area contributed by atoms with Crippen molar-refractivity contribution in [3.05, 3.63) is 0 Å². The average Bonchev–Trinajstić information content (AvgIpc) is 2.17. The first-order valence-electron chi connectivity index (χ1n) is 5.56. The Kier molecular flexibility index (Phi) is 4.39. The van der Waals surface area contributed by atoms with Gasteiger partial charge in [0, 0.05) is 0 Å². The molecule has 15 heavy (non-hydrogen) atoms. The standard InChI is InChI=1S/C10H21N5/c1-2-7-5-3-4-6-8(7)14-10(13)15-9(11)12/h7-8H,2-6H2,1H3,(H6,11,12,13,14,15). The van der Waals surface area contributed by atoms with Crippen LogP contribution in [-0.2, 0) is 0 Å². The summed E-state index contributed by atoms with van der Waals surface area (Å²) in [5, 5.41) is 0. The molecule has 5 heteroatoms. The fourth-order valence-electron chi connectivity index (χ4n) is 2.17. The maximum absolute atomic E-state index is 5.62. The molecular formula is C10H21N5. The van der Waals surface area contributed by atoms with Crippen LogP contribution in [0.2, 0.25) is 0 Å². The summed E-state index contributed by atoms with van der Waals surface area (Å²) in [6.07, 6.45) is 5.99. The van der Waals surface area contributed by atoms with Crippen molar-refractivity contribution in [2.75, 3.05) is 0 Å². The van der Waals surface area contributed by atoms with Gasteiger partial charge in [-0.1, -0.05) is 26.2 Å². The molecule has 0 amide bonds. The van der Waals surface area contributed by atoms with E-state index in [1.807, 2.05) is 0 Å². The minimum atomic E-state index is -0.0277. The van der Waals surface area contributed by atoms with Crippen LogP contribution in [0, 0.1) is 5.92 Å². The highest BCUT2D eigenvalue weighted by molar-refractivity contribution is 5.92. The second-order valence-electron chi connectivity index (χ2n) is 4.04. The maximum Gasteiger partial charge on any atom is 0.218 e. The molecule has 0 aromatic carbocycles. The molecule has 0 saturated heterocycles. The topological polar surface area (TPSA) is 103 Å². The third kappa shape index (κ3) is 3.77. The van der Waals surface area contributed by atoms with Crippen LogP contribution in [0.25, 0.3) is 0 Å². The van der Waals surface area contributed by atoms with Crippen molar-refractivity contribution in [1.29, 1.82) is 0 Å². The van der Waals surface area contributed by atoms with Gasteiger partial charge < -0.3 is 17.2 Å². The van der Waals surface area contributed by atoms with E-state index in [0.29, 0.717) is 12.0 Å². The Labute approximate surface area is 90.8 Å². The Morgan fingerprint density at radius 2 is 1.87 bits per heavy atom. The summed E-state index contributed by atoms with van der Waals surface area (Å²) in [5.41, 5.74) is 16.1. The quantitative estimate of drug-likeness (QED) is 0.459. The van der Waals surface area contributed by atoms with Crippen molar-refractivity contribution in [2.24, 2.45) is 33.1 Å². The van der Waals surface area contributed by atoms with E-state index in [1.165, 1.54) is 19.3 Å². The molecule has 1 aliphatic carbocycles. The number of hydrogen-bond donors (Lipinski definition) is 3. The Balaban J connectivity index is 2.64. The molecule has 1 fully saturated rings. The van der Waals surface area contributed by atoms with Gasteiger partial charge in [0.25, 0.3) is 0 Å². The van der Waals surface area contributed by atoms with Gasteiger partial charge in [-0.3, -0.25) is 0 Å². The van der Waals surface area contributed by atoms with Crippen molar-refractivity contribution in [1.82, 2.24) is 0 Å². The van der Waals surface area contributed by atoms with Crippen LogP contribution in [0.5, 0.6) is 0 Å². The molecule has 0 aromatic heterocycles. The Bertz CT molecular complexity index is 255.